The van der Waals surface area contributed by atoms with Crippen LogP contribution in [0.15, 0.2) is 66.7 Å². The van der Waals surface area contributed by atoms with Gasteiger partial charge in [-0.2, -0.15) is 0 Å². The third-order valence-electron chi connectivity index (χ3n) is 1.95. The summed E-state index contributed by atoms with van der Waals surface area (Å²) in [7, 11) is 0. The molecule has 2 rings (SSSR count). The zero-order valence-electron chi connectivity index (χ0n) is 9.04. The molecule has 2 aromatic carbocycles. The van der Waals surface area contributed by atoms with Crippen LogP contribution in [0, 0.1) is 0 Å². The first-order valence-electron chi connectivity index (χ1n) is 5.13. The molecule has 2 nitrogen and oxygen atoms in total. The molecule has 0 amide bonds. The maximum absolute atomic E-state index is 10.9. The first-order chi connectivity index (χ1) is 7.84. The number of carbonyl (C=O) groups excluding carboxylic acids is 1. The molecule has 2 N–H and O–H groups in total. The largest absolute Gasteiger partial charge is 0.324 e. The molecule has 0 aromatic heterocycles. The molecule has 0 bridgehead atoms. The van der Waals surface area contributed by atoms with Crippen molar-refractivity contribution in [3.05, 3.63) is 72.3 Å². The Bertz CT molecular complexity index is 371. The van der Waals surface area contributed by atoms with E-state index >= 15 is 0 Å². The lowest BCUT2D eigenvalue weighted by Gasteiger charge is -1.93. The summed E-state index contributed by atoms with van der Waals surface area (Å²) < 4.78 is 0. The maximum Gasteiger partial charge on any atom is 0.176 e. The molecule has 0 aliphatic rings. The van der Waals surface area contributed by atoms with Gasteiger partial charge in [0.2, 0.25) is 0 Å². The maximum atomic E-state index is 10.9. The fourth-order valence-electron chi connectivity index (χ4n) is 1.13. The van der Waals surface area contributed by atoms with E-state index in [0.717, 1.165) is 0 Å². The molecule has 0 aliphatic carbocycles. The minimum Gasteiger partial charge on any atom is -0.324 e. The number of hydrogen-bond donors (Lipinski definition) is 1. The molecule has 2 heteroatoms. The Labute approximate surface area is 95.7 Å². The van der Waals surface area contributed by atoms with Crippen LogP contribution in [0.2, 0.25) is 0 Å². The van der Waals surface area contributed by atoms with Crippen molar-refractivity contribution in [3.8, 4) is 0 Å². The van der Waals surface area contributed by atoms with Crippen LogP contribution >= 0.6 is 0 Å². The summed E-state index contributed by atoms with van der Waals surface area (Å²) in [5.41, 5.74) is 5.84. The fraction of sp³-hybridized carbons (Fsp3) is 0.0714. The van der Waals surface area contributed by atoms with Crippen molar-refractivity contribution >= 4 is 5.78 Å². The Balaban J connectivity index is 0.000000181. The Morgan fingerprint density at radius 3 is 1.56 bits per heavy atom. The number of Topliss-reactive ketones (excluding diaryl/α,β-unsaturated/α-hetero) is 1. The van der Waals surface area contributed by atoms with Gasteiger partial charge in [0.15, 0.2) is 5.78 Å². The van der Waals surface area contributed by atoms with Gasteiger partial charge in [-0.1, -0.05) is 66.7 Å². The SMILES string of the molecule is NCC(=O)c1ccccc1.c1ccccc1. The molecule has 0 saturated carbocycles. The molecular formula is C14H15NO. The van der Waals surface area contributed by atoms with Gasteiger partial charge in [0, 0.05) is 5.56 Å². The predicted octanol–water partition coefficient (Wildman–Crippen LogP) is 2.51. The van der Waals surface area contributed by atoms with Crippen LogP contribution in [0.5, 0.6) is 0 Å². The van der Waals surface area contributed by atoms with E-state index in [0.29, 0.717) is 5.56 Å². The topological polar surface area (TPSA) is 43.1 Å². The van der Waals surface area contributed by atoms with Crippen LogP contribution in [-0.4, -0.2) is 12.3 Å². The third kappa shape index (κ3) is 4.53. The van der Waals surface area contributed by atoms with Gasteiger partial charge in [0.25, 0.3) is 0 Å². The standard InChI is InChI=1S/C8H9NO.C6H6/c9-6-8(10)7-4-2-1-3-5-7;1-2-4-6-5-3-1/h1-5H,6,9H2;1-6H. The summed E-state index contributed by atoms with van der Waals surface area (Å²) in [5, 5.41) is 0. The molecule has 16 heavy (non-hydrogen) atoms. The molecule has 2 aromatic rings. The van der Waals surface area contributed by atoms with E-state index in [1.807, 2.05) is 54.6 Å². The minimum absolute atomic E-state index is 0.0133. The van der Waals surface area contributed by atoms with E-state index in [-0.39, 0.29) is 12.3 Å². The van der Waals surface area contributed by atoms with Crippen molar-refractivity contribution in [2.45, 2.75) is 0 Å². The van der Waals surface area contributed by atoms with Crippen molar-refractivity contribution in [2.75, 3.05) is 6.54 Å². The summed E-state index contributed by atoms with van der Waals surface area (Å²) in [6, 6.07) is 21.0. The van der Waals surface area contributed by atoms with Crippen LogP contribution in [0.1, 0.15) is 10.4 Å². The summed E-state index contributed by atoms with van der Waals surface area (Å²) in [6.45, 7) is 0.0873. The lowest BCUT2D eigenvalue weighted by Crippen LogP contribution is -2.12. The first-order valence-corrected chi connectivity index (χ1v) is 5.13. The average Bonchev–Trinajstić information content (AvgIpc) is 2.41. The van der Waals surface area contributed by atoms with E-state index in [4.69, 9.17) is 5.73 Å². The van der Waals surface area contributed by atoms with Crippen LogP contribution < -0.4 is 5.73 Å². The lowest BCUT2D eigenvalue weighted by molar-refractivity contribution is 0.100. The van der Waals surface area contributed by atoms with E-state index in [2.05, 4.69) is 0 Å². The average molecular weight is 213 g/mol. The second-order valence-corrected chi connectivity index (χ2v) is 3.15. The summed E-state index contributed by atoms with van der Waals surface area (Å²) in [6.07, 6.45) is 0. The van der Waals surface area contributed by atoms with Gasteiger partial charge in [-0.05, 0) is 0 Å². The molecule has 0 fully saturated rings. The second-order valence-electron chi connectivity index (χ2n) is 3.15. The zero-order valence-corrected chi connectivity index (χ0v) is 9.04. The smallest absolute Gasteiger partial charge is 0.176 e. The molecule has 0 heterocycles. The number of nitrogens with two attached hydrogens (primary N) is 1. The Kier molecular flexibility index (Phi) is 5.59. The van der Waals surface area contributed by atoms with Crippen molar-refractivity contribution in [2.24, 2.45) is 5.73 Å². The van der Waals surface area contributed by atoms with Crippen molar-refractivity contribution < 1.29 is 4.79 Å². The van der Waals surface area contributed by atoms with Crippen molar-refractivity contribution in [1.29, 1.82) is 0 Å². The van der Waals surface area contributed by atoms with Gasteiger partial charge >= 0.3 is 0 Å². The highest BCUT2D eigenvalue weighted by molar-refractivity contribution is 5.97. The van der Waals surface area contributed by atoms with Gasteiger partial charge in [0.1, 0.15) is 0 Å². The van der Waals surface area contributed by atoms with Crippen LogP contribution in [0.3, 0.4) is 0 Å². The highest BCUT2D eigenvalue weighted by atomic mass is 16.1. The Morgan fingerprint density at radius 1 is 0.812 bits per heavy atom. The van der Waals surface area contributed by atoms with Crippen molar-refractivity contribution in [3.63, 3.8) is 0 Å². The summed E-state index contributed by atoms with van der Waals surface area (Å²) in [4.78, 5) is 10.9. The van der Waals surface area contributed by atoms with E-state index in [1.54, 1.807) is 12.1 Å². The quantitative estimate of drug-likeness (QED) is 0.779. The predicted molar refractivity (Wildman–Crippen MR) is 66.3 cm³/mol. The molecule has 82 valence electrons. The number of benzene rings is 2. The van der Waals surface area contributed by atoms with E-state index in [1.165, 1.54) is 0 Å². The minimum atomic E-state index is -0.0133. The number of hydrogen-bond acceptors (Lipinski definition) is 2. The highest BCUT2D eigenvalue weighted by Gasteiger charge is 1.98. The Morgan fingerprint density at radius 2 is 1.19 bits per heavy atom. The zero-order chi connectivity index (χ0) is 11.6. The van der Waals surface area contributed by atoms with E-state index < -0.39 is 0 Å². The molecule has 0 aliphatic heterocycles. The van der Waals surface area contributed by atoms with Crippen LogP contribution in [-0.2, 0) is 0 Å². The fourth-order valence-corrected chi connectivity index (χ4v) is 1.13. The number of carbonyl (C=O) groups is 1. The number of rotatable bonds is 2. The molecule has 0 spiro atoms. The molecule has 0 saturated heterocycles. The molecule has 0 radical (unpaired) electrons. The lowest BCUT2D eigenvalue weighted by atomic mass is 10.1. The second kappa shape index (κ2) is 7.37. The van der Waals surface area contributed by atoms with Gasteiger partial charge in [-0.25, -0.2) is 0 Å². The number of ketones is 1. The third-order valence-corrected chi connectivity index (χ3v) is 1.95. The van der Waals surface area contributed by atoms with Crippen LogP contribution in [0.4, 0.5) is 0 Å². The molecular weight excluding hydrogens is 198 g/mol. The highest BCUT2D eigenvalue weighted by Crippen LogP contribution is 1.97. The normalized spacial score (nSPS) is 8.81. The molecule has 0 atom stereocenters. The summed E-state index contributed by atoms with van der Waals surface area (Å²) in [5.74, 6) is -0.0133. The monoisotopic (exact) mass is 213 g/mol. The van der Waals surface area contributed by atoms with E-state index in [9.17, 15) is 4.79 Å². The van der Waals surface area contributed by atoms with Crippen LogP contribution in [0.25, 0.3) is 0 Å². The van der Waals surface area contributed by atoms with Gasteiger partial charge in [0.05, 0.1) is 6.54 Å². The van der Waals surface area contributed by atoms with Gasteiger partial charge < -0.3 is 5.73 Å². The Hall–Kier alpha value is -1.93. The first kappa shape index (κ1) is 12.1. The summed E-state index contributed by atoms with van der Waals surface area (Å²) >= 11 is 0. The van der Waals surface area contributed by atoms with Gasteiger partial charge in [-0.3, -0.25) is 4.79 Å². The van der Waals surface area contributed by atoms with Gasteiger partial charge in [-0.15, -0.1) is 0 Å². The molecule has 0 unspecified atom stereocenters. The van der Waals surface area contributed by atoms with Crippen molar-refractivity contribution in [1.82, 2.24) is 0 Å².